The summed E-state index contributed by atoms with van der Waals surface area (Å²) >= 11 is 9.01. The lowest BCUT2D eigenvalue weighted by Crippen LogP contribution is -2.00. The molecule has 0 aliphatic heterocycles. The molecule has 0 spiro atoms. The normalized spacial score (nSPS) is 10.4. The highest BCUT2D eigenvalue weighted by atomic mass is 79.9. The molecule has 0 saturated heterocycles. The highest BCUT2D eigenvalue weighted by Crippen LogP contribution is 2.36. The minimum atomic E-state index is -0.514. The van der Waals surface area contributed by atoms with Gasteiger partial charge in [-0.25, -0.2) is 4.98 Å². The molecule has 0 aliphatic carbocycles. The fourth-order valence-corrected chi connectivity index (χ4v) is 2.20. The standard InChI is InChI=1S/C12H9BrClN3O4/c1-20-6-10-15-9(14)5-11(16-10)21-8-4-2-3-7(12(8)13)17(18)19/h2-5H,6H2,1H3. The van der Waals surface area contributed by atoms with Crippen molar-refractivity contribution < 1.29 is 14.4 Å². The molecule has 1 aromatic carbocycles. The van der Waals surface area contributed by atoms with E-state index in [4.69, 9.17) is 21.1 Å². The largest absolute Gasteiger partial charge is 0.437 e. The lowest BCUT2D eigenvalue weighted by Gasteiger charge is -2.08. The second-order valence-electron chi connectivity index (χ2n) is 3.83. The van der Waals surface area contributed by atoms with Gasteiger partial charge in [0.1, 0.15) is 16.2 Å². The maximum atomic E-state index is 10.9. The minimum absolute atomic E-state index is 0.107. The van der Waals surface area contributed by atoms with E-state index in [1.165, 1.54) is 25.3 Å². The lowest BCUT2D eigenvalue weighted by molar-refractivity contribution is -0.385. The van der Waals surface area contributed by atoms with E-state index in [0.717, 1.165) is 0 Å². The SMILES string of the molecule is COCc1nc(Cl)cc(Oc2cccc([N+](=O)[O-])c2Br)n1. The lowest BCUT2D eigenvalue weighted by atomic mass is 10.3. The zero-order valence-electron chi connectivity index (χ0n) is 10.7. The summed E-state index contributed by atoms with van der Waals surface area (Å²) < 4.78 is 10.7. The third kappa shape index (κ3) is 3.87. The predicted octanol–water partition coefficient (Wildman–Crippen LogP) is 3.74. The first-order valence-corrected chi connectivity index (χ1v) is 6.81. The van der Waals surface area contributed by atoms with E-state index in [2.05, 4.69) is 25.9 Å². The summed E-state index contributed by atoms with van der Waals surface area (Å²) in [4.78, 5) is 18.4. The summed E-state index contributed by atoms with van der Waals surface area (Å²) in [6, 6.07) is 5.85. The van der Waals surface area contributed by atoms with Gasteiger partial charge in [0.2, 0.25) is 5.88 Å². The minimum Gasteiger partial charge on any atom is -0.437 e. The number of hydrogen-bond acceptors (Lipinski definition) is 6. The van der Waals surface area contributed by atoms with Gasteiger partial charge in [0.15, 0.2) is 11.6 Å². The molecule has 2 rings (SSSR count). The van der Waals surface area contributed by atoms with E-state index in [0.29, 0.717) is 5.82 Å². The van der Waals surface area contributed by atoms with Crippen molar-refractivity contribution in [2.24, 2.45) is 0 Å². The Kier molecular flexibility index (Phi) is 5.05. The number of hydrogen-bond donors (Lipinski definition) is 0. The second-order valence-corrected chi connectivity index (χ2v) is 5.01. The Labute approximate surface area is 133 Å². The first-order chi connectivity index (χ1) is 10.0. The predicted molar refractivity (Wildman–Crippen MR) is 78.6 cm³/mol. The zero-order chi connectivity index (χ0) is 15.4. The van der Waals surface area contributed by atoms with Crippen LogP contribution in [0.5, 0.6) is 11.6 Å². The molecule has 0 amide bonds. The van der Waals surface area contributed by atoms with E-state index in [9.17, 15) is 10.1 Å². The smallest absolute Gasteiger partial charge is 0.287 e. The van der Waals surface area contributed by atoms with Crippen molar-refractivity contribution in [1.29, 1.82) is 0 Å². The third-order valence-electron chi connectivity index (χ3n) is 2.35. The Bertz CT molecular complexity index is 684. The molecule has 2 aromatic rings. The fourth-order valence-electron chi connectivity index (χ4n) is 1.52. The van der Waals surface area contributed by atoms with Gasteiger partial charge < -0.3 is 9.47 Å². The average Bonchev–Trinajstić information content (AvgIpc) is 2.40. The number of methoxy groups -OCH3 is 1. The highest BCUT2D eigenvalue weighted by molar-refractivity contribution is 9.10. The Morgan fingerprint density at radius 2 is 2.19 bits per heavy atom. The topological polar surface area (TPSA) is 87.4 Å². The molecule has 9 heteroatoms. The number of benzene rings is 1. The van der Waals surface area contributed by atoms with Gasteiger partial charge in [-0.05, 0) is 22.0 Å². The number of nitro groups is 1. The molecule has 0 saturated carbocycles. The molecular formula is C12H9BrClN3O4. The van der Waals surface area contributed by atoms with Crippen molar-refractivity contribution in [3.63, 3.8) is 0 Å². The molecule has 1 aromatic heterocycles. The molecule has 0 aliphatic rings. The van der Waals surface area contributed by atoms with Gasteiger partial charge in [-0.2, -0.15) is 4.98 Å². The Balaban J connectivity index is 2.34. The summed E-state index contributed by atoms with van der Waals surface area (Å²) in [6.45, 7) is 0.174. The van der Waals surface area contributed by atoms with Crippen LogP contribution < -0.4 is 4.74 Å². The maximum absolute atomic E-state index is 10.9. The van der Waals surface area contributed by atoms with Crippen LogP contribution in [-0.2, 0) is 11.3 Å². The van der Waals surface area contributed by atoms with Gasteiger partial charge in [-0.1, -0.05) is 17.7 Å². The number of nitro benzene ring substituents is 1. The molecule has 0 atom stereocenters. The Morgan fingerprint density at radius 3 is 2.86 bits per heavy atom. The molecule has 0 N–H and O–H groups in total. The second kappa shape index (κ2) is 6.79. The number of rotatable bonds is 5. The van der Waals surface area contributed by atoms with Crippen molar-refractivity contribution in [3.05, 3.63) is 49.8 Å². The molecule has 1 heterocycles. The fraction of sp³-hybridized carbons (Fsp3) is 0.167. The summed E-state index contributed by atoms with van der Waals surface area (Å²) in [5.41, 5.74) is -0.107. The quantitative estimate of drug-likeness (QED) is 0.450. The van der Waals surface area contributed by atoms with Gasteiger partial charge in [0, 0.05) is 19.2 Å². The van der Waals surface area contributed by atoms with E-state index in [1.807, 2.05) is 0 Å². The van der Waals surface area contributed by atoms with Crippen LogP contribution in [0.3, 0.4) is 0 Å². The molecule has 110 valence electrons. The summed E-state index contributed by atoms with van der Waals surface area (Å²) in [6.07, 6.45) is 0. The molecule has 7 nitrogen and oxygen atoms in total. The van der Waals surface area contributed by atoms with E-state index in [1.54, 1.807) is 6.07 Å². The van der Waals surface area contributed by atoms with Crippen LogP contribution in [0.1, 0.15) is 5.82 Å². The molecule has 0 unspecified atom stereocenters. The highest BCUT2D eigenvalue weighted by Gasteiger charge is 2.17. The van der Waals surface area contributed by atoms with Crippen LogP contribution in [0.4, 0.5) is 5.69 Å². The van der Waals surface area contributed by atoms with Gasteiger partial charge in [0.05, 0.1) is 4.92 Å². The van der Waals surface area contributed by atoms with Crippen molar-refractivity contribution in [2.45, 2.75) is 6.61 Å². The third-order valence-corrected chi connectivity index (χ3v) is 3.34. The summed E-state index contributed by atoms with van der Waals surface area (Å²) in [7, 11) is 1.50. The van der Waals surface area contributed by atoms with Crippen LogP contribution in [0.25, 0.3) is 0 Å². The van der Waals surface area contributed by atoms with Crippen molar-refractivity contribution in [3.8, 4) is 11.6 Å². The van der Waals surface area contributed by atoms with Gasteiger partial charge in [-0.3, -0.25) is 10.1 Å². The number of ether oxygens (including phenoxy) is 2. The van der Waals surface area contributed by atoms with E-state index < -0.39 is 4.92 Å². The number of aromatic nitrogens is 2. The number of nitrogens with zero attached hydrogens (tertiary/aromatic N) is 3. The molecule has 0 fully saturated rings. The first kappa shape index (κ1) is 15.6. The van der Waals surface area contributed by atoms with Gasteiger partial charge in [0.25, 0.3) is 5.69 Å². The Hall–Kier alpha value is -1.77. The van der Waals surface area contributed by atoms with Crippen LogP contribution in [-0.4, -0.2) is 22.0 Å². The van der Waals surface area contributed by atoms with Crippen LogP contribution in [0, 0.1) is 10.1 Å². The van der Waals surface area contributed by atoms with E-state index in [-0.39, 0.29) is 33.5 Å². The number of halogens is 2. The molecule has 0 radical (unpaired) electrons. The van der Waals surface area contributed by atoms with Gasteiger partial charge in [-0.15, -0.1) is 0 Å². The van der Waals surface area contributed by atoms with Gasteiger partial charge >= 0.3 is 0 Å². The first-order valence-electron chi connectivity index (χ1n) is 5.64. The van der Waals surface area contributed by atoms with Crippen LogP contribution in [0.15, 0.2) is 28.7 Å². The molecular weight excluding hydrogens is 366 g/mol. The molecule has 21 heavy (non-hydrogen) atoms. The zero-order valence-corrected chi connectivity index (χ0v) is 13.1. The van der Waals surface area contributed by atoms with Crippen molar-refractivity contribution >= 4 is 33.2 Å². The average molecular weight is 375 g/mol. The van der Waals surface area contributed by atoms with Crippen molar-refractivity contribution in [1.82, 2.24) is 9.97 Å². The van der Waals surface area contributed by atoms with Crippen LogP contribution >= 0.6 is 27.5 Å². The van der Waals surface area contributed by atoms with Crippen molar-refractivity contribution in [2.75, 3.05) is 7.11 Å². The summed E-state index contributed by atoms with van der Waals surface area (Å²) in [5.74, 6) is 0.770. The maximum Gasteiger partial charge on any atom is 0.287 e. The summed E-state index contributed by atoms with van der Waals surface area (Å²) in [5, 5.41) is 11.1. The van der Waals surface area contributed by atoms with E-state index >= 15 is 0 Å². The van der Waals surface area contributed by atoms with Crippen LogP contribution in [0.2, 0.25) is 5.15 Å². The Morgan fingerprint density at radius 1 is 1.43 bits per heavy atom. The molecule has 0 bridgehead atoms. The monoisotopic (exact) mass is 373 g/mol.